The third-order valence-electron chi connectivity index (χ3n) is 4.48. The second-order valence-corrected chi connectivity index (χ2v) is 7.26. The molecule has 0 aliphatic rings. The average molecular weight is 318 g/mol. The zero-order chi connectivity index (χ0) is 17.1. The molecule has 130 valence electrons. The number of nitrogens with one attached hydrogen (secondary N) is 1. The van der Waals surface area contributed by atoms with Crippen molar-refractivity contribution in [1.82, 2.24) is 5.32 Å². The van der Waals surface area contributed by atoms with Gasteiger partial charge in [0.25, 0.3) is 0 Å². The van der Waals surface area contributed by atoms with Crippen LogP contribution in [0.25, 0.3) is 0 Å². The lowest BCUT2D eigenvalue weighted by molar-refractivity contribution is -0.122. The van der Waals surface area contributed by atoms with Crippen LogP contribution in [-0.2, 0) is 11.2 Å². The number of rotatable bonds is 11. The molecule has 1 aromatic rings. The van der Waals surface area contributed by atoms with Gasteiger partial charge in [0.2, 0.25) is 5.91 Å². The minimum atomic E-state index is 0.218. The third-order valence-corrected chi connectivity index (χ3v) is 4.48. The molecule has 0 radical (unpaired) electrons. The fourth-order valence-electron chi connectivity index (χ4n) is 3.05. The minimum Gasteiger partial charge on any atom is -0.353 e. The summed E-state index contributed by atoms with van der Waals surface area (Å²) < 4.78 is 0. The van der Waals surface area contributed by atoms with Crippen LogP contribution in [0.2, 0.25) is 0 Å². The van der Waals surface area contributed by atoms with Crippen molar-refractivity contribution in [2.75, 3.05) is 0 Å². The molecule has 23 heavy (non-hydrogen) atoms. The molecule has 1 aromatic carbocycles. The molecule has 1 rings (SSSR count). The van der Waals surface area contributed by atoms with Crippen LogP contribution >= 0.6 is 0 Å². The van der Waals surface area contributed by atoms with Gasteiger partial charge in [-0.15, -0.1) is 0 Å². The van der Waals surface area contributed by atoms with Crippen LogP contribution in [0.15, 0.2) is 30.3 Å². The molecular weight excluding hydrogens is 282 g/mol. The number of aryl methyl sites for hydroxylation is 1. The van der Waals surface area contributed by atoms with Crippen molar-refractivity contribution in [3.05, 3.63) is 35.9 Å². The first-order chi connectivity index (χ1) is 11.0. The molecule has 0 heterocycles. The summed E-state index contributed by atoms with van der Waals surface area (Å²) in [4.78, 5) is 12.3. The predicted octanol–water partition coefficient (Wildman–Crippen LogP) is 5.37. The fourth-order valence-corrected chi connectivity index (χ4v) is 3.05. The normalized spacial score (nSPS) is 13.8. The van der Waals surface area contributed by atoms with Crippen LogP contribution < -0.4 is 5.32 Å². The summed E-state index contributed by atoms with van der Waals surface area (Å²) in [7, 11) is 0. The van der Waals surface area contributed by atoms with Gasteiger partial charge in [-0.25, -0.2) is 0 Å². The Labute approximate surface area is 143 Å². The smallest absolute Gasteiger partial charge is 0.220 e. The van der Waals surface area contributed by atoms with Crippen molar-refractivity contribution in [2.45, 2.75) is 78.7 Å². The Morgan fingerprint density at radius 3 is 2.39 bits per heavy atom. The minimum absolute atomic E-state index is 0.218. The molecule has 0 fully saturated rings. The van der Waals surface area contributed by atoms with Gasteiger partial charge in [0, 0.05) is 12.5 Å². The molecule has 2 nitrogen and oxygen atoms in total. The molecule has 1 amide bonds. The van der Waals surface area contributed by atoms with Crippen LogP contribution in [0.1, 0.15) is 71.8 Å². The van der Waals surface area contributed by atoms with Gasteiger partial charge in [0.15, 0.2) is 0 Å². The van der Waals surface area contributed by atoms with E-state index < -0.39 is 0 Å². The highest BCUT2D eigenvalue weighted by Crippen LogP contribution is 2.19. The number of amides is 1. The van der Waals surface area contributed by atoms with E-state index in [1.807, 2.05) is 6.07 Å². The monoisotopic (exact) mass is 317 g/mol. The van der Waals surface area contributed by atoms with E-state index in [9.17, 15) is 4.79 Å². The zero-order valence-electron chi connectivity index (χ0n) is 15.5. The van der Waals surface area contributed by atoms with Crippen LogP contribution in [0, 0.1) is 11.8 Å². The van der Waals surface area contributed by atoms with E-state index in [-0.39, 0.29) is 5.91 Å². The predicted molar refractivity (Wildman–Crippen MR) is 99.5 cm³/mol. The number of benzene rings is 1. The van der Waals surface area contributed by atoms with E-state index in [1.54, 1.807) is 0 Å². The Kier molecular flexibility index (Phi) is 9.66. The number of carbonyl (C=O) groups excluding carboxylic acids is 1. The third kappa shape index (κ3) is 8.78. The molecule has 0 aromatic heterocycles. The molecule has 1 N–H and O–H groups in total. The maximum Gasteiger partial charge on any atom is 0.220 e. The lowest BCUT2D eigenvalue weighted by Crippen LogP contribution is -2.40. The highest BCUT2D eigenvalue weighted by atomic mass is 16.1. The van der Waals surface area contributed by atoms with Gasteiger partial charge >= 0.3 is 0 Å². The van der Waals surface area contributed by atoms with Gasteiger partial charge in [-0.05, 0) is 43.1 Å². The van der Waals surface area contributed by atoms with Gasteiger partial charge in [-0.3, -0.25) is 4.79 Å². The molecule has 0 saturated heterocycles. The van der Waals surface area contributed by atoms with Crippen LogP contribution in [0.3, 0.4) is 0 Å². The highest BCUT2D eigenvalue weighted by Gasteiger charge is 2.20. The van der Waals surface area contributed by atoms with E-state index in [0.29, 0.717) is 24.3 Å². The van der Waals surface area contributed by atoms with Crippen molar-refractivity contribution in [3.63, 3.8) is 0 Å². The topological polar surface area (TPSA) is 29.1 Å². The van der Waals surface area contributed by atoms with Crippen molar-refractivity contribution in [3.8, 4) is 0 Å². The van der Waals surface area contributed by atoms with E-state index in [4.69, 9.17) is 0 Å². The Morgan fingerprint density at radius 1 is 1.09 bits per heavy atom. The lowest BCUT2D eigenvalue weighted by atomic mass is 9.89. The number of unbranched alkanes of at least 4 members (excludes halogenated alkanes) is 1. The van der Waals surface area contributed by atoms with Crippen molar-refractivity contribution in [2.24, 2.45) is 11.8 Å². The molecule has 2 atom stereocenters. The maximum atomic E-state index is 12.3. The van der Waals surface area contributed by atoms with Crippen LogP contribution in [-0.4, -0.2) is 11.9 Å². The lowest BCUT2D eigenvalue weighted by Gasteiger charge is -2.27. The molecular formula is C21H35NO. The zero-order valence-corrected chi connectivity index (χ0v) is 15.5. The van der Waals surface area contributed by atoms with Crippen molar-refractivity contribution in [1.29, 1.82) is 0 Å². The van der Waals surface area contributed by atoms with E-state index in [1.165, 1.54) is 24.8 Å². The molecule has 0 aliphatic heterocycles. The van der Waals surface area contributed by atoms with Gasteiger partial charge < -0.3 is 5.32 Å². The van der Waals surface area contributed by atoms with E-state index >= 15 is 0 Å². The van der Waals surface area contributed by atoms with E-state index in [0.717, 1.165) is 19.3 Å². The average Bonchev–Trinajstić information content (AvgIpc) is 2.52. The van der Waals surface area contributed by atoms with Crippen molar-refractivity contribution < 1.29 is 4.79 Å². The van der Waals surface area contributed by atoms with Gasteiger partial charge in [-0.1, -0.05) is 70.9 Å². The first kappa shape index (κ1) is 19.7. The molecule has 0 spiro atoms. The van der Waals surface area contributed by atoms with Crippen LogP contribution in [0.5, 0.6) is 0 Å². The molecule has 0 bridgehead atoms. The summed E-state index contributed by atoms with van der Waals surface area (Å²) in [5, 5.41) is 3.30. The molecule has 1 unspecified atom stereocenters. The molecule has 0 saturated carbocycles. The number of hydrogen-bond donors (Lipinski definition) is 1. The Hall–Kier alpha value is -1.31. The summed E-state index contributed by atoms with van der Waals surface area (Å²) in [5.74, 6) is 1.40. The van der Waals surface area contributed by atoms with Gasteiger partial charge in [0.05, 0.1) is 0 Å². The van der Waals surface area contributed by atoms with Gasteiger partial charge in [0.1, 0.15) is 0 Å². The summed E-state index contributed by atoms with van der Waals surface area (Å²) >= 11 is 0. The SMILES string of the molecule is CCCCC(C)[C@H](CC(C)C)NC(=O)CCCc1ccccc1. The molecule has 0 aliphatic carbocycles. The van der Waals surface area contributed by atoms with E-state index in [2.05, 4.69) is 57.3 Å². The van der Waals surface area contributed by atoms with Crippen LogP contribution in [0.4, 0.5) is 0 Å². The summed E-state index contributed by atoms with van der Waals surface area (Å²) in [6.07, 6.45) is 7.29. The Bertz CT molecular complexity index is 427. The molecule has 2 heteroatoms. The number of carbonyl (C=O) groups is 1. The fraction of sp³-hybridized carbons (Fsp3) is 0.667. The second-order valence-electron chi connectivity index (χ2n) is 7.26. The maximum absolute atomic E-state index is 12.3. The Balaban J connectivity index is 2.39. The van der Waals surface area contributed by atoms with Crippen molar-refractivity contribution >= 4 is 5.91 Å². The van der Waals surface area contributed by atoms with Gasteiger partial charge in [-0.2, -0.15) is 0 Å². The summed E-state index contributed by atoms with van der Waals surface area (Å²) in [6, 6.07) is 10.7. The summed E-state index contributed by atoms with van der Waals surface area (Å²) in [5.41, 5.74) is 1.32. The number of hydrogen-bond acceptors (Lipinski definition) is 1. The standard InChI is InChI=1S/C21H35NO/c1-5-6-11-18(4)20(16-17(2)3)22-21(23)15-10-14-19-12-8-7-9-13-19/h7-9,12-13,17-18,20H,5-6,10-11,14-16H2,1-4H3,(H,22,23)/t18?,20-/m0/s1. The highest BCUT2D eigenvalue weighted by molar-refractivity contribution is 5.76. The summed E-state index contributed by atoms with van der Waals surface area (Å²) in [6.45, 7) is 8.99. The largest absolute Gasteiger partial charge is 0.353 e. The first-order valence-corrected chi connectivity index (χ1v) is 9.36. The Morgan fingerprint density at radius 2 is 1.78 bits per heavy atom. The second kappa shape index (κ2) is 11.3. The first-order valence-electron chi connectivity index (χ1n) is 9.36. The quantitative estimate of drug-likeness (QED) is 0.584.